The van der Waals surface area contributed by atoms with E-state index >= 15 is 0 Å². The van der Waals surface area contributed by atoms with Crippen LogP contribution in [0, 0.1) is 5.82 Å². The Kier molecular flexibility index (Phi) is 3.92. The highest BCUT2D eigenvalue weighted by Crippen LogP contribution is 2.17. The Balaban J connectivity index is 1.84. The number of fused-ring (bicyclic) bond motifs is 1. The van der Waals surface area contributed by atoms with Gasteiger partial charge >= 0.3 is 0 Å². The summed E-state index contributed by atoms with van der Waals surface area (Å²) in [6.07, 6.45) is 0. The van der Waals surface area contributed by atoms with Crippen LogP contribution in [0.5, 0.6) is 0 Å². The van der Waals surface area contributed by atoms with Gasteiger partial charge in [-0.3, -0.25) is 4.79 Å². The number of hydrogen-bond donors (Lipinski definition) is 1. The van der Waals surface area contributed by atoms with Crippen molar-refractivity contribution in [1.82, 2.24) is 9.88 Å². The second-order valence-corrected chi connectivity index (χ2v) is 5.22. The molecule has 0 atom stereocenters. The maximum atomic E-state index is 13.3. The van der Waals surface area contributed by atoms with Crippen molar-refractivity contribution in [2.24, 2.45) is 0 Å². The molecule has 0 unspecified atom stereocenters. The molecule has 1 N–H and O–H groups in total. The molecule has 0 radical (unpaired) electrons. The third kappa shape index (κ3) is 2.86. The summed E-state index contributed by atoms with van der Waals surface area (Å²) < 4.78 is 13.3. The van der Waals surface area contributed by atoms with Crippen LogP contribution in [-0.4, -0.2) is 22.3 Å². The van der Waals surface area contributed by atoms with Gasteiger partial charge in [0.05, 0.1) is 0 Å². The lowest BCUT2D eigenvalue weighted by atomic mass is 10.2. The van der Waals surface area contributed by atoms with E-state index in [0.29, 0.717) is 18.8 Å². The van der Waals surface area contributed by atoms with Crippen molar-refractivity contribution in [1.29, 1.82) is 0 Å². The van der Waals surface area contributed by atoms with Gasteiger partial charge in [0, 0.05) is 24.0 Å². The van der Waals surface area contributed by atoms with Gasteiger partial charge < -0.3 is 9.88 Å². The third-order valence-electron chi connectivity index (χ3n) is 3.69. The smallest absolute Gasteiger partial charge is 0.270 e. The van der Waals surface area contributed by atoms with E-state index in [2.05, 4.69) is 4.98 Å². The first-order chi connectivity index (χ1) is 10.7. The van der Waals surface area contributed by atoms with E-state index < -0.39 is 0 Å². The zero-order valence-electron chi connectivity index (χ0n) is 12.3. The van der Waals surface area contributed by atoms with Crippen LogP contribution in [0.3, 0.4) is 0 Å². The van der Waals surface area contributed by atoms with Crippen LogP contribution in [-0.2, 0) is 6.54 Å². The van der Waals surface area contributed by atoms with Crippen LogP contribution in [0.15, 0.2) is 54.6 Å². The number of nitrogens with zero attached hydrogens (tertiary/aromatic N) is 1. The lowest BCUT2D eigenvalue weighted by Gasteiger charge is -2.20. The molecule has 3 rings (SSSR count). The first-order valence-corrected chi connectivity index (χ1v) is 7.29. The lowest BCUT2D eigenvalue weighted by molar-refractivity contribution is 0.0747. The highest BCUT2D eigenvalue weighted by Gasteiger charge is 2.16. The summed E-state index contributed by atoms with van der Waals surface area (Å²) in [7, 11) is 0. The third-order valence-corrected chi connectivity index (χ3v) is 3.69. The molecule has 1 amide bonds. The quantitative estimate of drug-likeness (QED) is 0.777. The fraction of sp³-hybridized carbons (Fsp3) is 0.167. The van der Waals surface area contributed by atoms with Gasteiger partial charge in [-0.25, -0.2) is 4.39 Å². The minimum atomic E-state index is -0.286. The molecule has 0 bridgehead atoms. The second kappa shape index (κ2) is 6.02. The molecular formula is C18H17FN2O. The minimum Gasteiger partial charge on any atom is -0.351 e. The van der Waals surface area contributed by atoms with Gasteiger partial charge in [-0.15, -0.1) is 0 Å². The Bertz CT molecular complexity index is 776. The van der Waals surface area contributed by atoms with Crippen LogP contribution < -0.4 is 0 Å². The van der Waals surface area contributed by atoms with Crippen molar-refractivity contribution >= 4 is 16.8 Å². The number of hydrogen-bond acceptors (Lipinski definition) is 1. The van der Waals surface area contributed by atoms with Gasteiger partial charge in [0.1, 0.15) is 11.5 Å². The number of halogens is 1. The molecule has 0 saturated heterocycles. The number of carbonyl (C=O) groups excluding carboxylic acids is 1. The van der Waals surface area contributed by atoms with Gasteiger partial charge in [-0.2, -0.15) is 0 Å². The van der Waals surface area contributed by atoms with E-state index in [4.69, 9.17) is 0 Å². The molecule has 4 heteroatoms. The Morgan fingerprint density at radius 1 is 1.14 bits per heavy atom. The summed E-state index contributed by atoms with van der Waals surface area (Å²) >= 11 is 0. The Labute approximate surface area is 128 Å². The molecule has 2 aromatic carbocycles. The van der Waals surface area contributed by atoms with Gasteiger partial charge in [0.2, 0.25) is 0 Å². The zero-order chi connectivity index (χ0) is 15.5. The second-order valence-electron chi connectivity index (χ2n) is 5.22. The maximum absolute atomic E-state index is 13.3. The summed E-state index contributed by atoms with van der Waals surface area (Å²) in [6, 6.07) is 16.0. The molecule has 22 heavy (non-hydrogen) atoms. The molecule has 1 heterocycles. The van der Waals surface area contributed by atoms with E-state index in [1.807, 2.05) is 43.3 Å². The van der Waals surface area contributed by atoms with Gasteiger partial charge in [0.25, 0.3) is 5.91 Å². The van der Waals surface area contributed by atoms with Crippen molar-refractivity contribution in [3.05, 3.63) is 71.7 Å². The SMILES string of the molecule is CCN(Cc1cccc(F)c1)C(=O)c1cc2ccccc2[nH]1. The van der Waals surface area contributed by atoms with Gasteiger partial charge in [-0.1, -0.05) is 30.3 Å². The van der Waals surface area contributed by atoms with Crippen LogP contribution in [0.25, 0.3) is 10.9 Å². The number of aromatic amines is 1. The molecule has 0 fully saturated rings. The number of para-hydroxylation sites is 1. The van der Waals surface area contributed by atoms with E-state index in [1.165, 1.54) is 12.1 Å². The summed E-state index contributed by atoms with van der Waals surface area (Å²) in [5.41, 5.74) is 2.28. The Morgan fingerprint density at radius 2 is 1.95 bits per heavy atom. The van der Waals surface area contributed by atoms with E-state index in [0.717, 1.165) is 16.5 Å². The Morgan fingerprint density at radius 3 is 2.68 bits per heavy atom. The fourth-order valence-corrected chi connectivity index (χ4v) is 2.54. The molecule has 0 aliphatic rings. The van der Waals surface area contributed by atoms with E-state index in [-0.39, 0.29) is 11.7 Å². The highest BCUT2D eigenvalue weighted by atomic mass is 19.1. The number of nitrogens with one attached hydrogen (secondary N) is 1. The molecular weight excluding hydrogens is 279 g/mol. The van der Waals surface area contributed by atoms with Crippen LogP contribution in [0.4, 0.5) is 4.39 Å². The van der Waals surface area contributed by atoms with Crippen molar-refractivity contribution < 1.29 is 9.18 Å². The normalized spacial score (nSPS) is 10.8. The van der Waals surface area contributed by atoms with Crippen LogP contribution >= 0.6 is 0 Å². The molecule has 0 saturated carbocycles. The maximum Gasteiger partial charge on any atom is 0.270 e. The summed E-state index contributed by atoms with van der Waals surface area (Å²) in [4.78, 5) is 17.5. The summed E-state index contributed by atoms with van der Waals surface area (Å²) in [5.74, 6) is -0.366. The average molecular weight is 296 g/mol. The standard InChI is InChI=1S/C18H17FN2O/c1-2-21(12-13-6-5-8-15(19)10-13)18(22)17-11-14-7-3-4-9-16(14)20-17/h3-11,20H,2,12H2,1H3. The first-order valence-electron chi connectivity index (χ1n) is 7.29. The fourth-order valence-electron chi connectivity index (χ4n) is 2.54. The molecule has 0 aliphatic heterocycles. The topological polar surface area (TPSA) is 36.1 Å². The van der Waals surface area contributed by atoms with E-state index in [1.54, 1.807) is 11.0 Å². The highest BCUT2D eigenvalue weighted by molar-refractivity contribution is 5.98. The van der Waals surface area contributed by atoms with Crippen molar-refractivity contribution in [2.45, 2.75) is 13.5 Å². The molecule has 0 aliphatic carbocycles. The minimum absolute atomic E-state index is 0.0806. The molecule has 1 aromatic heterocycles. The molecule has 3 nitrogen and oxygen atoms in total. The Hall–Kier alpha value is -2.62. The molecule has 0 spiro atoms. The van der Waals surface area contributed by atoms with Crippen molar-refractivity contribution in [3.63, 3.8) is 0 Å². The van der Waals surface area contributed by atoms with Crippen molar-refractivity contribution in [2.75, 3.05) is 6.54 Å². The number of amides is 1. The number of rotatable bonds is 4. The first kappa shape index (κ1) is 14.3. The van der Waals surface area contributed by atoms with E-state index in [9.17, 15) is 9.18 Å². The van der Waals surface area contributed by atoms with Gasteiger partial charge in [-0.05, 0) is 36.8 Å². The van der Waals surface area contributed by atoms with Crippen LogP contribution in [0.2, 0.25) is 0 Å². The number of aromatic nitrogens is 1. The number of H-pyrrole nitrogens is 1. The summed E-state index contributed by atoms with van der Waals surface area (Å²) in [6.45, 7) is 2.87. The largest absolute Gasteiger partial charge is 0.351 e. The predicted molar refractivity (Wildman–Crippen MR) is 85.1 cm³/mol. The molecule has 3 aromatic rings. The summed E-state index contributed by atoms with van der Waals surface area (Å²) in [5, 5.41) is 1.01. The zero-order valence-corrected chi connectivity index (χ0v) is 12.3. The number of benzene rings is 2. The number of carbonyl (C=O) groups is 1. The van der Waals surface area contributed by atoms with Crippen LogP contribution in [0.1, 0.15) is 23.0 Å². The van der Waals surface area contributed by atoms with Crippen molar-refractivity contribution in [3.8, 4) is 0 Å². The molecule has 112 valence electrons. The predicted octanol–water partition coefficient (Wildman–Crippen LogP) is 3.97. The lowest BCUT2D eigenvalue weighted by Crippen LogP contribution is -2.30. The monoisotopic (exact) mass is 296 g/mol. The van der Waals surface area contributed by atoms with Gasteiger partial charge in [0.15, 0.2) is 0 Å². The average Bonchev–Trinajstić information content (AvgIpc) is 2.96.